The Bertz CT molecular complexity index is 181. The summed E-state index contributed by atoms with van der Waals surface area (Å²) in [7, 11) is 0. The lowest BCUT2D eigenvalue weighted by atomic mass is 10.1. The first kappa shape index (κ1) is 14.9. The first-order valence-corrected chi connectivity index (χ1v) is 7.33. The lowest BCUT2D eigenvalue weighted by Crippen LogP contribution is -2.44. The second kappa shape index (κ2) is 8.90. The molecule has 0 aromatic carbocycles. The van der Waals surface area contributed by atoms with E-state index in [9.17, 15) is 0 Å². The standard InChI is InChI=1S/C14H30N2O/c1-4-6-9-16(13(3)5-2)10-7-14-12-17-11-8-15-14/h13-15H,4-12H2,1-3H3. The van der Waals surface area contributed by atoms with Gasteiger partial charge < -0.3 is 15.0 Å². The number of morpholine rings is 1. The summed E-state index contributed by atoms with van der Waals surface area (Å²) in [4.78, 5) is 2.64. The molecule has 1 aliphatic rings. The van der Waals surface area contributed by atoms with Crippen LogP contribution in [0, 0.1) is 0 Å². The maximum atomic E-state index is 5.50. The zero-order valence-corrected chi connectivity index (χ0v) is 11.9. The molecule has 1 fully saturated rings. The highest BCUT2D eigenvalue weighted by Gasteiger charge is 2.16. The van der Waals surface area contributed by atoms with Crippen LogP contribution in [0.4, 0.5) is 0 Å². The molecule has 1 aliphatic heterocycles. The van der Waals surface area contributed by atoms with E-state index in [0.717, 1.165) is 19.8 Å². The summed E-state index contributed by atoms with van der Waals surface area (Å²) in [5, 5.41) is 3.54. The van der Waals surface area contributed by atoms with Gasteiger partial charge in [-0.25, -0.2) is 0 Å². The molecule has 2 atom stereocenters. The van der Waals surface area contributed by atoms with Crippen molar-refractivity contribution >= 4 is 0 Å². The third-order valence-electron chi connectivity index (χ3n) is 3.78. The summed E-state index contributed by atoms with van der Waals surface area (Å²) >= 11 is 0. The fourth-order valence-corrected chi connectivity index (χ4v) is 2.30. The van der Waals surface area contributed by atoms with Gasteiger partial charge in [-0.05, 0) is 39.3 Å². The van der Waals surface area contributed by atoms with E-state index in [-0.39, 0.29) is 0 Å². The number of rotatable bonds is 8. The zero-order valence-electron chi connectivity index (χ0n) is 11.9. The molecule has 102 valence electrons. The van der Waals surface area contributed by atoms with Crippen molar-refractivity contribution in [3.8, 4) is 0 Å². The van der Waals surface area contributed by atoms with Crippen LogP contribution in [-0.2, 0) is 4.74 Å². The van der Waals surface area contributed by atoms with Gasteiger partial charge in [0.25, 0.3) is 0 Å². The van der Waals surface area contributed by atoms with E-state index in [4.69, 9.17) is 4.74 Å². The molecule has 0 saturated carbocycles. The Kier molecular flexibility index (Phi) is 7.82. The van der Waals surface area contributed by atoms with Gasteiger partial charge in [0.2, 0.25) is 0 Å². The smallest absolute Gasteiger partial charge is 0.0620 e. The number of nitrogens with one attached hydrogen (secondary N) is 1. The van der Waals surface area contributed by atoms with Gasteiger partial charge in [0.15, 0.2) is 0 Å². The van der Waals surface area contributed by atoms with Gasteiger partial charge in [-0.1, -0.05) is 20.3 Å². The summed E-state index contributed by atoms with van der Waals surface area (Å²) in [5.74, 6) is 0. The maximum Gasteiger partial charge on any atom is 0.0620 e. The van der Waals surface area contributed by atoms with Crippen molar-refractivity contribution in [1.82, 2.24) is 10.2 Å². The molecule has 0 aromatic rings. The summed E-state index contributed by atoms with van der Waals surface area (Å²) in [5.41, 5.74) is 0. The molecule has 3 heteroatoms. The van der Waals surface area contributed by atoms with Gasteiger partial charge in [0, 0.05) is 18.6 Å². The predicted octanol–water partition coefficient (Wildman–Crippen LogP) is 2.27. The molecule has 0 aromatic heterocycles. The monoisotopic (exact) mass is 242 g/mol. The highest BCUT2D eigenvalue weighted by molar-refractivity contribution is 4.74. The lowest BCUT2D eigenvalue weighted by molar-refractivity contribution is 0.0674. The molecular formula is C14H30N2O. The largest absolute Gasteiger partial charge is 0.379 e. The van der Waals surface area contributed by atoms with Crippen molar-refractivity contribution in [3.05, 3.63) is 0 Å². The zero-order chi connectivity index (χ0) is 12.5. The van der Waals surface area contributed by atoms with Crippen molar-refractivity contribution in [1.29, 1.82) is 0 Å². The summed E-state index contributed by atoms with van der Waals surface area (Å²) in [6.45, 7) is 12.1. The van der Waals surface area contributed by atoms with E-state index in [1.54, 1.807) is 0 Å². The van der Waals surface area contributed by atoms with Crippen molar-refractivity contribution in [2.75, 3.05) is 32.8 Å². The minimum Gasteiger partial charge on any atom is -0.379 e. The Morgan fingerprint density at radius 2 is 2.18 bits per heavy atom. The van der Waals surface area contributed by atoms with Crippen LogP contribution >= 0.6 is 0 Å². The Morgan fingerprint density at radius 1 is 1.35 bits per heavy atom. The molecule has 0 amide bonds. The molecular weight excluding hydrogens is 212 g/mol. The molecule has 2 unspecified atom stereocenters. The van der Waals surface area contributed by atoms with Gasteiger partial charge in [0.05, 0.1) is 13.2 Å². The highest BCUT2D eigenvalue weighted by atomic mass is 16.5. The van der Waals surface area contributed by atoms with Crippen LogP contribution < -0.4 is 5.32 Å². The molecule has 3 nitrogen and oxygen atoms in total. The number of ether oxygens (including phenoxy) is 1. The van der Waals surface area contributed by atoms with Crippen LogP contribution in [-0.4, -0.2) is 49.8 Å². The molecule has 0 radical (unpaired) electrons. The van der Waals surface area contributed by atoms with Gasteiger partial charge >= 0.3 is 0 Å². The van der Waals surface area contributed by atoms with Crippen LogP contribution in [0.5, 0.6) is 0 Å². The summed E-state index contributed by atoms with van der Waals surface area (Å²) < 4.78 is 5.50. The van der Waals surface area contributed by atoms with Crippen LogP contribution in [0.15, 0.2) is 0 Å². The minimum absolute atomic E-state index is 0.567. The summed E-state index contributed by atoms with van der Waals surface area (Å²) in [6.07, 6.45) is 5.07. The average Bonchev–Trinajstić information content (AvgIpc) is 2.39. The Labute approximate surface area is 107 Å². The predicted molar refractivity (Wildman–Crippen MR) is 73.5 cm³/mol. The van der Waals surface area contributed by atoms with Crippen molar-refractivity contribution < 1.29 is 4.74 Å². The van der Waals surface area contributed by atoms with Crippen LogP contribution in [0.25, 0.3) is 0 Å². The van der Waals surface area contributed by atoms with E-state index in [2.05, 4.69) is 31.0 Å². The fraction of sp³-hybridized carbons (Fsp3) is 1.00. The van der Waals surface area contributed by atoms with Crippen molar-refractivity contribution in [2.24, 2.45) is 0 Å². The van der Waals surface area contributed by atoms with Gasteiger partial charge in [-0.15, -0.1) is 0 Å². The molecule has 1 rings (SSSR count). The van der Waals surface area contributed by atoms with E-state index in [1.807, 2.05) is 0 Å². The van der Waals surface area contributed by atoms with Gasteiger partial charge in [-0.2, -0.15) is 0 Å². The number of hydrogen-bond donors (Lipinski definition) is 1. The van der Waals surface area contributed by atoms with E-state index < -0.39 is 0 Å². The number of nitrogens with zero attached hydrogens (tertiary/aromatic N) is 1. The quantitative estimate of drug-likeness (QED) is 0.706. The highest BCUT2D eigenvalue weighted by Crippen LogP contribution is 2.08. The molecule has 0 aliphatic carbocycles. The van der Waals surface area contributed by atoms with Crippen molar-refractivity contribution in [3.63, 3.8) is 0 Å². The molecule has 0 spiro atoms. The third kappa shape index (κ3) is 5.84. The summed E-state index contributed by atoms with van der Waals surface area (Å²) in [6, 6.07) is 1.28. The topological polar surface area (TPSA) is 24.5 Å². The average molecular weight is 242 g/mol. The maximum absolute atomic E-state index is 5.50. The van der Waals surface area contributed by atoms with Gasteiger partial charge in [-0.3, -0.25) is 0 Å². The Hall–Kier alpha value is -0.120. The third-order valence-corrected chi connectivity index (χ3v) is 3.78. The van der Waals surface area contributed by atoms with E-state index >= 15 is 0 Å². The number of hydrogen-bond acceptors (Lipinski definition) is 3. The van der Waals surface area contributed by atoms with E-state index in [0.29, 0.717) is 12.1 Å². The number of unbranched alkanes of at least 4 members (excludes halogenated alkanes) is 1. The first-order chi connectivity index (χ1) is 8.27. The van der Waals surface area contributed by atoms with Crippen LogP contribution in [0.3, 0.4) is 0 Å². The molecule has 1 N–H and O–H groups in total. The van der Waals surface area contributed by atoms with Gasteiger partial charge in [0.1, 0.15) is 0 Å². The van der Waals surface area contributed by atoms with E-state index in [1.165, 1.54) is 38.8 Å². The molecule has 0 bridgehead atoms. The lowest BCUT2D eigenvalue weighted by Gasteiger charge is -2.31. The van der Waals surface area contributed by atoms with Crippen LogP contribution in [0.2, 0.25) is 0 Å². The SMILES string of the molecule is CCCCN(CCC1COCCN1)C(C)CC. The van der Waals surface area contributed by atoms with Crippen LogP contribution in [0.1, 0.15) is 46.5 Å². The van der Waals surface area contributed by atoms with Crippen molar-refractivity contribution in [2.45, 2.75) is 58.5 Å². The Balaban J connectivity index is 2.26. The fourth-order valence-electron chi connectivity index (χ4n) is 2.30. The first-order valence-electron chi connectivity index (χ1n) is 7.33. The minimum atomic E-state index is 0.567. The second-order valence-electron chi connectivity index (χ2n) is 5.16. The molecule has 17 heavy (non-hydrogen) atoms. The second-order valence-corrected chi connectivity index (χ2v) is 5.16. The molecule has 1 heterocycles. The molecule has 1 saturated heterocycles. The normalized spacial score (nSPS) is 22.9. The Morgan fingerprint density at radius 3 is 2.76 bits per heavy atom.